The molecule has 122 valence electrons. The summed E-state index contributed by atoms with van der Waals surface area (Å²) in [6.07, 6.45) is 3.84. The standard InChI is InChI=1S/C18H24N4O/c1-15-13-23-14-17-12-20(9-10-21(15)17)11-16-5-2-3-6-18(16)22-8-4-7-19-22/h2-8,15,17H,9-14H2,1H3/t15-,17+/m0/s1. The van der Waals surface area contributed by atoms with Crippen LogP contribution in [0.4, 0.5) is 0 Å². The normalized spacial score (nSPS) is 26.1. The molecular weight excluding hydrogens is 288 g/mol. The zero-order valence-electron chi connectivity index (χ0n) is 13.6. The zero-order chi connectivity index (χ0) is 15.6. The second-order valence-electron chi connectivity index (χ2n) is 6.59. The molecule has 0 amide bonds. The van der Waals surface area contributed by atoms with Crippen LogP contribution in [0.15, 0.2) is 42.7 Å². The molecule has 4 rings (SSSR count). The number of ether oxygens (including phenoxy) is 1. The summed E-state index contributed by atoms with van der Waals surface area (Å²) in [6, 6.07) is 11.6. The van der Waals surface area contributed by atoms with Crippen LogP contribution in [0.25, 0.3) is 5.69 Å². The maximum absolute atomic E-state index is 5.75. The van der Waals surface area contributed by atoms with Crippen LogP contribution in [0.5, 0.6) is 0 Å². The Balaban J connectivity index is 1.49. The summed E-state index contributed by atoms with van der Waals surface area (Å²) >= 11 is 0. The minimum atomic E-state index is 0.532. The first kappa shape index (κ1) is 14.9. The Labute approximate surface area is 137 Å². The van der Waals surface area contributed by atoms with E-state index in [-0.39, 0.29) is 0 Å². The summed E-state index contributed by atoms with van der Waals surface area (Å²) < 4.78 is 7.71. The molecule has 23 heavy (non-hydrogen) atoms. The van der Waals surface area contributed by atoms with Gasteiger partial charge in [-0.3, -0.25) is 9.80 Å². The lowest BCUT2D eigenvalue weighted by atomic mass is 10.1. The maximum Gasteiger partial charge on any atom is 0.0690 e. The third-order valence-electron chi connectivity index (χ3n) is 4.98. The number of para-hydroxylation sites is 1. The average molecular weight is 312 g/mol. The van der Waals surface area contributed by atoms with Crippen molar-refractivity contribution in [3.05, 3.63) is 48.3 Å². The van der Waals surface area contributed by atoms with Crippen LogP contribution >= 0.6 is 0 Å². The first-order chi connectivity index (χ1) is 11.3. The van der Waals surface area contributed by atoms with Gasteiger partial charge in [0.2, 0.25) is 0 Å². The molecular formula is C18H24N4O. The van der Waals surface area contributed by atoms with Gasteiger partial charge in [0.1, 0.15) is 0 Å². The van der Waals surface area contributed by atoms with E-state index >= 15 is 0 Å². The molecule has 2 saturated heterocycles. The fourth-order valence-electron chi connectivity index (χ4n) is 3.80. The topological polar surface area (TPSA) is 33.5 Å². The number of aromatic nitrogens is 2. The van der Waals surface area contributed by atoms with Gasteiger partial charge in [0.05, 0.1) is 18.9 Å². The molecule has 3 heterocycles. The molecule has 1 aromatic heterocycles. The maximum atomic E-state index is 5.75. The fourth-order valence-corrected chi connectivity index (χ4v) is 3.80. The Morgan fingerprint density at radius 3 is 2.96 bits per heavy atom. The molecule has 0 spiro atoms. The molecule has 0 radical (unpaired) electrons. The number of fused-ring (bicyclic) bond motifs is 1. The first-order valence-electron chi connectivity index (χ1n) is 8.45. The summed E-state index contributed by atoms with van der Waals surface area (Å²) in [4.78, 5) is 5.16. The average Bonchev–Trinajstić information content (AvgIpc) is 3.10. The van der Waals surface area contributed by atoms with E-state index in [0.29, 0.717) is 12.1 Å². The van der Waals surface area contributed by atoms with Crippen molar-refractivity contribution >= 4 is 0 Å². The van der Waals surface area contributed by atoms with E-state index in [9.17, 15) is 0 Å². The summed E-state index contributed by atoms with van der Waals surface area (Å²) in [7, 11) is 0. The van der Waals surface area contributed by atoms with Crippen molar-refractivity contribution in [1.29, 1.82) is 0 Å². The predicted octanol–water partition coefficient (Wildman–Crippen LogP) is 1.78. The Kier molecular flexibility index (Phi) is 4.16. The monoisotopic (exact) mass is 312 g/mol. The summed E-state index contributed by atoms with van der Waals surface area (Å²) in [5.74, 6) is 0. The molecule has 2 aliphatic rings. The minimum Gasteiger partial charge on any atom is -0.378 e. The van der Waals surface area contributed by atoms with Gasteiger partial charge in [0.15, 0.2) is 0 Å². The molecule has 5 nitrogen and oxygen atoms in total. The number of piperazine rings is 1. The number of nitrogens with zero attached hydrogens (tertiary/aromatic N) is 4. The SMILES string of the molecule is C[C@H]1COC[C@H]2CN(Cc3ccccc3-n3cccn3)CCN21. The van der Waals surface area contributed by atoms with Crippen LogP contribution in [0, 0.1) is 0 Å². The van der Waals surface area contributed by atoms with Crippen LogP contribution in [-0.4, -0.2) is 64.5 Å². The van der Waals surface area contributed by atoms with Crippen LogP contribution in [-0.2, 0) is 11.3 Å². The minimum absolute atomic E-state index is 0.532. The van der Waals surface area contributed by atoms with E-state index in [2.05, 4.69) is 46.1 Å². The Bertz CT molecular complexity index is 642. The van der Waals surface area contributed by atoms with Crippen molar-refractivity contribution in [3.63, 3.8) is 0 Å². The second kappa shape index (κ2) is 6.43. The highest BCUT2D eigenvalue weighted by Gasteiger charge is 2.33. The predicted molar refractivity (Wildman–Crippen MR) is 89.6 cm³/mol. The van der Waals surface area contributed by atoms with E-state index < -0.39 is 0 Å². The van der Waals surface area contributed by atoms with Crippen LogP contribution in [0.3, 0.4) is 0 Å². The first-order valence-corrected chi connectivity index (χ1v) is 8.45. The van der Waals surface area contributed by atoms with Crippen molar-refractivity contribution in [3.8, 4) is 5.69 Å². The highest BCUT2D eigenvalue weighted by molar-refractivity contribution is 5.40. The zero-order valence-corrected chi connectivity index (χ0v) is 13.6. The van der Waals surface area contributed by atoms with Gasteiger partial charge in [-0.05, 0) is 24.6 Å². The third-order valence-corrected chi connectivity index (χ3v) is 4.98. The van der Waals surface area contributed by atoms with E-state index in [4.69, 9.17) is 4.74 Å². The Morgan fingerprint density at radius 2 is 2.09 bits per heavy atom. The van der Waals surface area contributed by atoms with Crippen molar-refractivity contribution in [2.24, 2.45) is 0 Å². The largest absolute Gasteiger partial charge is 0.378 e. The molecule has 0 N–H and O–H groups in total. The lowest BCUT2D eigenvalue weighted by molar-refractivity contribution is -0.0765. The lowest BCUT2D eigenvalue weighted by Gasteiger charge is -2.47. The van der Waals surface area contributed by atoms with Gasteiger partial charge in [-0.1, -0.05) is 18.2 Å². The highest BCUT2D eigenvalue weighted by Crippen LogP contribution is 2.21. The summed E-state index contributed by atoms with van der Waals surface area (Å²) in [5.41, 5.74) is 2.50. The number of benzene rings is 1. The van der Waals surface area contributed by atoms with Crippen LogP contribution < -0.4 is 0 Å². The van der Waals surface area contributed by atoms with Gasteiger partial charge < -0.3 is 4.74 Å². The number of hydrogen-bond donors (Lipinski definition) is 0. The van der Waals surface area contributed by atoms with Gasteiger partial charge in [0, 0.05) is 50.7 Å². The summed E-state index contributed by atoms with van der Waals surface area (Å²) in [6.45, 7) is 8.31. The number of morpholine rings is 1. The number of hydrogen-bond acceptors (Lipinski definition) is 4. The van der Waals surface area contributed by atoms with E-state index in [1.54, 1.807) is 0 Å². The van der Waals surface area contributed by atoms with E-state index in [0.717, 1.165) is 39.4 Å². The molecule has 0 aliphatic carbocycles. The van der Waals surface area contributed by atoms with Gasteiger partial charge in [0.25, 0.3) is 0 Å². The summed E-state index contributed by atoms with van der Waals surface area (Å²) in [5, 5.41) is 4.39. The second-order valence-corrected chi connectivity index (χ2v) is 6.59. The Hall–Kier alpha value is -1.69. The third kappa shape index (κ3) is 3.04. The molecule has 2 aliphatic heterocycles. The Morgan fingerprint density at radius 1 is 1.17 bits per heavy atom. The van der Waals surface area contributed by atoms with Gasteiger partial charge in [-0.15, -0.1) is 0 Å². The van der Waals surface area contributed by atoms with E-state index in [1.165, 1.54) is 11.3 Å². The van der Waals surface area contributed by atoms with Gasteiger partial charge >= 0.3 is 0 Å². The van der Waals surface area contributed by atoms with Gasteiger partial charge in [-0.25, -0.2) is 4.68 Å². The quantitative estimate of drug-likeness (QED) is 0.865. The molecule has 0 bridgehead atoms. The molecule has 1 aromatic carbocycles. The molecule has 5 heteroatoms. The smallest absolute Gasteiger partial charge is 0.0690 e. The number of rotatable bonds is 3. The van der Waals surface area contributed by atoms with E-state index in [1.807, 2.05) is 23.1 Å². The molecule has 2 aromatic rings. The van der Waals surface area contributed by atoms with Crippen LogP contribution in [0.2, 0.25) is 0 Å². The molecule has 2 atom stereocenters. The van der Waals surface area contributed by atoms with Crippen molar-refractivity contribution < 1.29 is 4.74 Å². The van der Waals surface area contributed by atoms with Crippen molar-refractivity contribution in [2.45, 2.75) is 25.6 Å². The van der Waals surface area contributed by atoms with Gasteiger partial charge in [-0.2, -0.15) is 5.10 Å². The van der Waals surface area contributed by atoms with Crippen molar-refractivity contribution in [1.82, 2.24) is 19.6 Å². The fraction of sp³-hybridized carbons (Fsp3) is 0.500. The molecule has 2 fully saturated rings. The molecule has 0 saturated carbocycles. The highest BCUT2D eigenvalue weighted by atomic mass is 16.5. The molecule has 0 unspecified atom stereocenters. The van der Waals surface area contributed by atoms with Crippen LogP contribution in [0.1, 0.15) is 12.5 Å². The lowest BCUT2D eigenvalue weighted by Crippen LogP contribution is -2.60. The van der Waals surface area contributed by atoms with Crippen molar-refractivity contribution in [2.75, 3.05) is 32.8 Å².